The van der Waals surface area contributed by atoms with Gasteiger partial charge in [0, 0.05) is 13.1 Å². The second-order valence-electron chi connectivity index (χ2n) is 0.973. The van der Waals surface area contributed by atoms with Gasteiger partial charge < -0.3 is 11.1 Å². The molecule has 0 saturated carbocycles. The Kier molecular flexibility index (Phi) is 2.76. The first kappa shape index (κ1) is 6.01. The Morgan fingerprint density at radius 3 is 2.57 bits per heavy atom. The molecule has 0 spiro atoms. The van der Waals surface area contributed by atoms with Gasteiger partial charge in [0.15, 0.2) is 0 Å². The molecule has 0 aliphatic heterocycles. The number of likely N-dealkylation sites (N-methyl/N-ethyl adjacent to an activating group) is 1. The lowest BCUT2D eigenvalue weighted by molar-refractivity contribution is -0.116. The molecular weight excluding hydrogens is 92.1 g/mol. The van der Waals surface area contributed by atoms with Gasteiger partial charge in [-0.2, -0.15) is 0 Å². The summed E-state index contributed by atoms with van der Waals surface area (Å²) in [5.41, 5.74) is 4.86. The molecule has 0 aromatic rings. The van der Waals surface area contributed by atoms with Crippen LogP contribution in [-0.4, -0.2) is 13.0 Å². The van der Waals surface area contributed by atoms with Gasteiger partial charge in [-0.1, -0.05) is 0 Å². The number of rotatable bonds is 1. The van der Waals surface area contributed by atoms with Crippen molar-refractivity contribution in [2.75, 3.05) is 7.05 Å². The maximum Gasteiger partial charge on any atom is 0.245 e. The van der Waals surface area contributed by atoms with Gasteiger partial charge in [-0.3, -0.25) is 4.79 Å². The lowest BCUT2D eigenvalue weighted by Crippen LogP contribution is -2.14. The van der Waals surface area contributed by atoms with E-state index in [2.05, 4.69) is 5.32 Å². The van der Waals surface area contributed by atoms with E-state index in [1.807, 2.05) is 0 Å². The third-order valence-corrected chi connectivity index (χ3v) is 0.494. The predicted molar refractivity (Wildman–Crippen MR) is 27.4 cm³/mol. The van der Waals surface area contributed by atoms with Crippen LogP contribution < -0.4 is 11.1 Å². The third-order valence-electron chi connectivity index (χ3n) is 0.494. The fourth-order valence-corrected chi connectivity index (χ4v) is 0.171. The number of nitrogens with two attached hydrogens (primary N) is 1. The highest BCUT2D eigenvalue weighted by Crippen LogP contribution is 1.60. The van der Waals surface area contributed by atoms with Gasteiger partial charge >= 0.3 is 0 Å². The molecule has 0 bridgehead atoms. The second-order valence-corrected chi connectivity index (χ2v) is 0.973. The highest BCUT2D eigenvalue weighted by Gasteiger charge is 1.81. The molecule has 40 valence electrons. The van der Waals surface area contributed by atoms with Crippen molar-refractivity contribution in [3.05, 3.63) is 12.3 Å². The zero-order valence-corrected chi connectivity index (χ0v) is 4.14. The smallest absolute Gasteiger partial charge is 0.245 e. The van der Waals surface area contributed by atoms with Gasteiger partial charge in [-0.25, -0.2) is 0 Å². The summed E-state index contributed by atoms with van der Waals surface area (Å²) >= 11 is 0. The van der Waals surface area contributed by atoms with Crippen LogP contribution in [0.5, 0.6) is 0 Å². The van der Waals surface area contributed by atoms with Crippen molar-refractivity contribution in [1.29, 1.82) is 0 Å². The molecular formula is C4H8N2O. The summed E-state index contributed by atoms with van der Waals surface area (Å²) in [5, 5.41) is 2.36. The van der Waals surface area contributed by atoms with Gasteiger partial charge in [-0.15, -0.1) is 0 Å². The van der Waals surface area contributed by atoms with Gasteiger partial charge in [0.2, 0.25) is 5.91 Å². The van der Waals surface area contributed by atoms with Gasteiger partial charge in [0.25, 0.3) is 0 Å². The number of hydrogen-bond donors (Lipinski definition) is 2. The number of nitrogens with one attached hydrogen (secondary N) is 1. The molecule has 0 aliphatic rings. The topological polar surface area (TPSA) is 55.1 Å². The Balaban J connectivity index is 3.37. The van der Waals surface area contributed by atoms with E-state index in [-0.39, 0.29) is 5.91 Å². The van der Waals surface area contributed by atoms with Crippen LogP contribution in [0, 0.1) is 0 Å². The van der Waals surface area contributed by atoms with E-state index in [9.17, 15) is 4.79 Å². The van der Waals surface area contributed by atoms with E-state index >= 15 is 0 Å². The van der Waals surface area contributed by atoms with Crippen molar-refractivity contribution in [1.82, 2.24) is 5.32 Å². The van der Waals surface area contributed by atoms with Crippen molar-refractivity contribution >= 4 is 5.91 Å². The zero-order valence-electron chi connectivity index (χ0n) is 4.14. The van der Waals surface area contributed by atoms with E-state index in [4.69, 9.17) is 5.73 Å². The van der Waals surface area contributed by atoms with E-state index in [0.29, 0.717) is 0 Å². The molecule has 0 aromatic carbocycles. The van der Waals surface area contributed by atoms with E-state index < -0.39 is 0 Å². The van der Waals surface area contributed by atoms with Crippen molar-refractivity contribution in [2.24, 2.45) is 5.73 Å². The quantitative estimate of drug-likeness (QED) is 0.424. The van der Waals surface area contributed by atoms with Crippen molar-refractivity contribution in [3.8, 4) is 0 Å². The Bertz CT molecular complexity index is 87.7. The fourth-order valence-electron chi connectivity index (χ4n) is 0.171. The lowest BCUT2D eigenvalue weighted by atomic mass is 10.6. The summed E-state index contributed by atoms with van der Waals surface area (Å²) in [6, 6.07) is 0. The molecule has 0 aromatic heterocycles. The fraction of sp³-hybridized carbons (Fsp3) is 0.250. The molecule has 0 saturated heterocycles. The number of carbonyl (C=O) groups excluding carboxylic acids is 1. The number of amides is 1. The molecule has 1 amide bonds. The predicted octanol–water partition coefficient (Wildman–Crippen LogP) is -0.795. The average Bonchev–Trinajstić information content (AvgIpc) is 1.68. The molecule has 3 N–H and O–H groups in total. The van der Waals surface area contributed by atoms with Crippen LogP contribution >= 0.6 is 0 Å². The standard InChI is InChI=1S/C4H8N2O/c1-6-4(7)2-3-5/h2-3H,5H2,1H3,(H,6,7)/b3-2-. The molecule has 3 nitrogen and oxygen atoms in total. The Hall–Kier alpha value is -0.990. The van der Waals surface area contributed by atoms with Crippen LogP contribution in [0.25, 0.3) is 0 Å². The SMILES string of the molecule is CNC(=O)/C=C\N. The van der Waals surface area contributed by atoms with Gasteiger partial charge in [-0.05, 0) is 6.20 Å². The van der Waals surface area contributed by atoms with Gasteiger partial charge in [0.1, 0.15) is 0 Å². The normalized spacial score (nSPS) is 9.29. The minimum Gasteiger partial charge on any atom is -0.404 e. The van der Waals surface area contributed by atoms with E-state index in [1.54, 1.807) is 7.05 Å². The van der Waals surface area contributed by atoms with E-state index in [1.165, 1.54) is 12.3 Å². The molecule has 3 heteroatoms. The van der Waals surface area contributed by atoms with Crippen molar-refractivity contribution in [2.45, 2.75) is 0 Å². The Morgan fingerprint density at radius 1 is 1.86 bits per heavy atom. The summed E-state index contributed by atoms with van der Waals surface area (Å²) in [6.07, 6.45) is 2.44. The molecule has 0 unspecified atom stereocenters. The molecule has 0 fully saturated rings. The van der Waals surface area contributed by atoms with Crippen LogP contribution in [0.1, 0.15) is 0 Å². The minimum absolute atomic E-state index is 0.178. The first-order valence-electron chi connectivity index (χ1n) is 1.91. The summed E-state index contributed by atoms with van der Waals surface area (Å²) in [5.74, 6) is -0.178. The van der Waals surface area contributed by atoms with E-state index in [0.717, 1.165) is 0 Å². The summed E-state index contributed by atoms with van der Waals surface area (Å²) in [6.45, 7) is 0. The summed E-state index contributed by atoms with van der Waals surface area (Å²) < 4.78 is 0. The first-order chi connectivity index (χ1) is 3.31. The second kappa shape index (κ2) is 3.21. The Morgan fingerprint density at radius 2 is 2.43 bits per heavy atom. The molecule has 0 radical (unpaired) electrons. The maximum absolute atomic E-state index is 10.1. The van der Waals surface area contributed by atoms with Crippen LogP contribution in [0.15, 0.2) is 12.3 Å². The van der Waals surface area contributed by atoms with Crippen LogP contribution in [0.3, 0.4) is 0 Å². The summed E-state index contributed by atoms with van der Waals surface area (Å²) in [4.78, 5) is 10.1. The first-order valence-corrected chi connectivity index (χ1v) is 1.91. The molecule has 7 heavy (non-hydrogen) atoms. The van der Waals surface area contributed by atoms with Crippen LogP contribution in [0.4, 0.5) is 0 Å². The van der Waals surface area contributed by atoms with Gasteiger partial charge in [0.05, 0.1) is 0 Å². The Labute approximate surface area is 42.2 Å². The van der Waals surface area contributed by atoms with Crippen molar-refractivity contribution < 1.29 is 4.79 Å². The third kappa shape index (κ3) is 2.82. The average molecular weight is 100 g/mol. The monoisotopic (exact) mass is 100 g/mol. The summed E-state index contributed by atoms with van der Waals surface area (Å²) in [7, 11) is 1.54. The largest absolute Gasteiger partial charge is 0.404 e. The maximum atomic E-state index is 10.1. The minimum atomic E-state index is -0.178. The lowest BCUT2D eigenvalue weighted by Gasteiger charge is -1.84. The molecule has 0 heterocycles. The molecule has 0 aliphatic carbocycles. The van der Waals surface area contributed by atoms with Crippen LogP contribution in [-0.2, 0) is 4.79 Å². The molecule has 0 atom stereocenters. The highest BCUT2D eigenvalue weighted by molar-refractivity contribution is 5.86. The number of hydrogen-bond acceptors (Lipinski definition) is 2. The molecule has 0 rings (SSSR count). The highest BCUT2D eigenvalue weighted by atomic mass is 16.1. The number of carbonyl (C=O) groups is 1. The zero-order chi connectivity index (χ0) is 5.70. The van der Waals surface area contributed by atoms with Crippen molar-refractivity contribution in [3.63, 3.8) is 0 Å². The van der Waals surface area contributed by atoms with Crippen LogP contribution in [0.2, 0.25) is 0 Å².